The molecule has 0 saturated heterocycles. The van der Waals surface area contributed by atoms with Crippen LogP contribution in [0.3, 0.4) is 0 Å². The van der Waals surface area contributed by atoms with Crippen molar-refractivity contribution in [2.24, 2.45) is 4.99 Å². The number of aliphatic imine (C=N–C) groups is 1. The van der Waals surface area contributed by atoms with Crippen molar-refractivity contribution < 1.29 is 4.79 Å². The Hall–Kier alpha value is -3.61. The number of amides is 1. The van der Waals surface area contributed by atoms with Gasteiger partial charge in [0.05, 0.1) is 6.54 Å². The molecule has 7 nitrogen and oxygen atoms in total. The summed E-state index contributed by atoms with van der Waals surface area (Å²) in [5.74, 6) is 0.669. The molecule has 0 radical (unpaired) electrons. The number of hydrogen-bond acceptors (Lipinski definition) is 3. The van der Waals surface area contributed by atoms with Crippen LogP contribution in [0.25, 0.3) is 0 Å². The van der Waals surface area contributed by atoms with E-state index in [-0.39, 0.29) is 5.91 Å². The molecule has 1 heterocycles. The first kappa shape index (κ1) is 21.1. The van der Waals surface area contributed by atoms with Gasteiger partial charge in [0, 0.05) is 45.1 Å². The molecule has 0 fully saturated rings. The minimum absolute atomic E-state index is 0.0731. The van der Waals surface area contributed by atoms with Crippen molar-refractivity contribution in [2.75, 3.05) is 20.6 Å². The summed E-state index contributed by atoms with van der Waals surface area (Å²) < 4.78 is 1.92. The standard InChI is InChI=1S/C23H28N6O/c1-24-22(30)19-10-5-7-18(15-19)11-13-26-23(25-2)27-16-20-8-3-4-9-21(20)17-29-14-6-12-28-29/h3-10,12,14-15H,11,13,16-17H2,1-2H3,(H,24,30)(H2,25,26,27). The molecule has 0 atom stereocenters. The van der Waals surface area contributed by atoms with Crippen molar-refractivity contribution in [3.05, 3.63) is 89.2 Å². The average Bonchev–Trinajstić information content (AvgIpc) is 3.29. The van der Waals surface area contributed by atoms with Gasteiger partial charge in [-0.05, 0) is 41.3 Å². The number of rotatable bonds is 8. The summed E-state index contributed by atoms with van der Waals surface area (Å²) in [6.07, 6.45) is 4.54. The molecule has 1 amide bonds. The van der Waals surface area contributed by atoms with E-state index in [2.05, 4.69) is 38.2 Å². The third-order valence-electron chi connectivity index (χ3n) is 4.80. The highest BCUT2D eigenvalue weighted by molar-refractivity contribution is 5.94. The lowest BCUT2D eigenvalue weighted by Crippen LogP contribution is -2.38. The fourth-order valence-corrected chi connectivity index (χ4v) is 3.19. The first-order valence-electron chi connectivity index (χ1n) is 9.99. The van der Waals surface area contributed by atoms with Crippen LogP contribution in [0.2, 0.25) is 0 Å². The van der Waals surface area contributed by atoms with Crippen molar-refractivity contribution in [3.8, 4) is 0 Å². The van der Waals surface area contributed by atoms with Gasteiger partial charge in [0.25, 0.3) is 5.91 Å². The molecule has 3 aromatic rings. The van der Waals surface area contributed by atoms with Crippen molar-refractivity contribution in [1.29, 1.82) is 0 Å². The maximum Gasteiger partial charge on any atom is 0.251 e. The normalized spacial score (nSPS) is 11.2. The Balaban J connectivity index is 1.52. The summed E-state index contributed by atoms with van der Waals surface area (Å²) in [5.41, 5.74) is 4.19. The first-order chi connectivity index (χ1) is 14.7. The highest BCUT2D eigenvalue weighted by Gasteiger charge is 2.06. The summed E-state index contributed by atoms with van der Waals surface area (Å²) >= 11 is 0. The van der Waals surface area contributed by atoms with Gasteiger partial charge in [-0.15, -0.1) is 0 Å². The molecule has 0 unspecified atom stereocenters. The summed E-state index contributed by atoms with van der Waals surface area (Å²) in [6.45, 7) is 2.12. The Morgan fingerprint density at radius 3 is 2.63 bits per heavy atom. The lowest BCUT2D eigenvalue weighted by molar-refractivity contribution is 0.0963. The van der Waals surface area contributed by atoms with Crippen molar-refractivity contribution in [3.63, 3.8) is 0 Å². The van der Waals surface area contributed by atoms with Crippen LogP contribution in [0.4, 0.5) is 0 Å². The summed E-state index contributed by atoms with van der Waals surface area (Å²) in [5, 5.41) is 13.7. The fourth-order valence-electron chi connectivity index (χ4n) is 3.19. The smallest absolute Gasteiger partial charge is 0.251 e. The van der Waals surface area contributed by atoms with Crippen LogP contribution in [0.1, 0.15) is 27.0 Å². The topological polar surface area (TPSA) is 83.3 Å². The SMILES string of the molecule is CN=C(NCCc1cccc(C(=O)NC)c1)NCc1ccccc1Cn1cccn1. The Morgan fingerprint density at radius 1 is 1.07 bits per heavy atom. The Morgan fingerprint density at radius 2 is 1.90 bits per heavy atom. The van der Waals surface area contributed by atoms with Gasteiger partial charge in [0.2, 0.25) is 0 Å². The minimum Gasteiger partial charge on any atom is -0.356 e. The van der Waals surface area contributed by atoms with E-state index in [0.29, 0.717) is 18.7 Å². The van der Waals surface area contributed by atoms with Gasteiger partial charge >= 0.3 is 0 Å². The Bertz CT molecular complexity index is 981. The van der Waals surface area contributed by atoms with Crippen LogP contribution in [-0.4, -0.2) is 42.3 Å². The second-order valence-corrected chi connectivity index (χ2v) is 6.85. The summed E-state index contributed by atoms with van der Waals surface area (Å²) in [4.78, 5) is 16.1. The van der Waals surface area contributed by atoms with Gasteiger partial charge in [0.15, 0.2) is 5.96 Å². The van der Waals surface area contributed by atoms with E-state index < -0.39 is 0 Å². The van der Waals surface area contributed by atoms with Gasteiger partial charge in [-0.1, -0.05) is 36.4 Å². The number of benzene rings is 2. The highest BCUT2D eigenvalue weighted by Crippen LogP contribution is 2.10. The quantitative estimate of drug-likeness (QED) is 0.397. The zero-order chi connectivity index (χ0) is 21.2. The third-order valence-corrected chi connectivity index (χ3v) is 4.80. The van der Waals surface area contributed by atoms with E-state index in [9.17, 15) is 4.79 Å². The predicted octanol–water partition coefficient (Wildman–Crippen LogP) is 2.20. The highest BCUT2D eigenvalue weighted by atomic mass is 16.1. The van der Waals surface area contributed by atoms with Crippen molar-refractivity contribution in [2.45, 2.75) is 19.5 Å². The lowest BCUT2D eigenvalue weighted by atomic mass is 10.1. The molecule has 7 heteroatoms. The number of nitrogens with zero attached hydrogens (tertiary/aromatic N) is 3. The van der Waals surface area contributed by atoms with E-state index in [1.54, 1.807) is 20.3 Å². The molecule has 1 aromatic heterocycles. The lowest BCUT2D eigenvalue weighted by Gasteiger charge is -2.14. The van der Waals surface area contributed by atoms with Gasteiger partial charge in [-0.25, -0.2) is 0 Å². The van der Waals surface area contributed by atoms with Crippen molar-refractivity contribution >= 4 is 11.9 Å². The molecule has 30 heavy (non-hydrogen) atoms. The number of hydrogen-bond donors (Lipinski definition) is 3. The monoisotopic (exact) mass is 404 g/mol. The van der Waals surface area contributed by atoms with Crippen LogP contribution >= 0.6 is 0 Å². The van der Waals surface area contributed by atoms with Crippen LogP contribution in [-0.2, 0) is 19.5 Å². The molecule has 0 aliphatic carbocycles. The first-order valence-corrected chi connectivity index (χ1v) is 9.99. The number of nitrogens with one attached hydrogen (secondary N) is 3. The molecule has 3 rings (SSSR count). The van der Waals surface area contributed by atoms with E-state index in [1.807, 2.05) is 53.3 Å². The molecule has 0 aliphatic heterocycles. The fraction of sp³-hybridized carbons (Fsp3) is 0.261. The zero-order valence-corrected chi connectivity index (χ0v) is 17.4. The molecule has 156 valence electrons. The maximum absolute atomic E-state index is 11.8. The van der Waals surface area contributed by atoms with Crippen LogP contribution in [0.15, 0.2) is 72.0 Å². The third kappa shape index (κ3) is 5.94. The molecule has 0 aliphatic rings. The Labute approximate surface area is 177 Å². The molecule has 3 N–H and O–H groups in total. The molecular weight excluding hydrogens is 376 g/mol. The van der Waals surface area contributed by atoms with Gasteiger partial charge in [-0.3, -0.25) is 14.5 Å². The zero-order valence-electron chi connectivity index (χ0n) is 17.4. The molecule has 0 saturated carbocycles. The van der Waals surface area contributed by atoms with E-state index in [4.69, 9.17) is 0 Å². The molecule has 0 bridgehead atoms. The minimum atomic E-state index is -0.0731. The molecule has 2 aromatic carbocycles. The second kappa shape index (κ2) is 10.8. The second-order valence-electron chi connectivity index (χ2n) is 6.85. The Kier molecular flexibility index (Phi) is 7.60. The number of aromatic nitrogens is 2. The van der Waals surface area contributed by atoms with Crippen LogP contribution in [0, 0.1) is 0 Å². The van der Waals surface area contributed by atoms with Crippen LogP contribution in [0.5, 0.6) is 0 Å². The summed E-state index contributed by atoms with van der Waals surface area (Å²) in [6, 6.07) is 17.9. The predicted molar refractivity (Wildman–Crippen MR) is 120 cm³/mol. The molecular formula is C23H28N6O. The van der Waals surface area contributed by atoms with Crippen molar-refractivity contribution in [1.82, 2.24) is 25.7 Å². The summed E-state index contributed by atoms with van der Waals surface area (Å²) in [7, 11) is 3.40. The number of carbonyl (C=O) groups excluding carboxylic acids is 1. The maximum atomic E-state index is 11.8. The van der Waals surface area contributed by atoms with E-state index in [1.165, 1.54) is 11.1 Å². The van der Waals surface area contributed by atoms with Gasteiger partial charge in [-0.2, -0.15) is 5.10 Å². The van der Waals surface area contributed by atoms with Gasteiger partial charge in [0.1, 0.15) is 0 Å². The molecule has 0 spiro atoms. The average molecular weight is 405 g/mol. The van der Waals surface area contributed by atoms with Gasteiger partial charge < -0.3 is 16.0 Å². The number of carbonyl (C=O) groups is 1. The van der Waals surface area contributed by atoms with E-state index >= 15 is 0 Å². The number of guanidine groups is 1. The van der Waals surface area contributed by atoms with E-state index in [0.717, 1.165) is 24.5 Å². The largest absolute Gasteiger partial charge is 0.356 e. The van der Waals surface area contributed by atoms with Crippen LogP contribution < -0.4 is 16.0 Å².